The summed E-state index contributed by atoms with van der Waals surface area (Å²) in [5.74, 6) is 0.0782. The first kappa shape index (κ1) is 18.8. The average Bonchev–Trinajstić information content (AvgIpc) is 2.45. The number of hydrogen-bond acceptors (Lipinski definition) is 3. The Bertz CT molecular complexity index is 533. The molecule has 1 aromatic rings. The van der Waals surface area contributed by atoms with E-state index in [2.05, 4.69) is 26.1 Å². The maximum absolute atomic E-state index is 12.1. The lowest BCUT2D eigenvalue weighted by atomic mass is 9.56. The normalized spacial score (nSPS) is 25.7. The van der Waals surface area contributed by atoms with Gasteiger partial charge in [-0.25, -0.2) is 0 Å². The fourth-order valence-electron chi connectivity index (χ4n) is 3.00. The molecule has 1 fully saturated rings. The molecule has 3 N–H and O–H groups in total. The molecule has 1 aliphatic carbocycles. The van der Waals surface area contributed by atoms with E-state index in [4.69, 9.17) is 10.5 Å². The molecule has 4 nitrogen and oxygen atoms in total. The Morgan fingerprint density at radius 2 is 2.00 bits per heavy atom. The summed E-state index contributed by atoms with van der Waals surface area (Å²) in [6, 6.07) is 7.86. The molecular formula is C17H27ClN2O2. The molecule has 1 saturated carbocycles. The van der Waals surface area contributed by atoms with Gasteiger partial charge in [0.25, 0.3) is 0 Å². The van der Waals surface area contributed by atoms with Crippen LogP contribution < -0.4 is 11.1 Å². The quantitative estimate of drug-likeness (QED) is 0.818. The lowest BCUT2D eigenvalue weighted by Gasteiger charge is -2.59. The van der Waals surface area contributed by atoms with E-state index in [9.17, 15) is 4.79 Å². The van der Waals surface area contributed by atoms with Gasteiger partial charge in [-0.3, -0.25) is 4.79 Å². The molecule has 0 heterocycles. The van der Waals surface area contributed by atoms with E-state index < -0.39 is 0 Å². The Morgan fingerprint density at radius 1 is 1.36 bits per heavy atom. The van der Waals surface area contributed by atoms with Crippen LogP contribution in [-0.2, 0) is 16.0 Å². The fourth-order valence-corrected chi connectivity index (χ4v) is 3.00. The molecular weight excluding hydrogens is 300 g/mol. The first-order chi connectivity index (χ1) is 9.80. The highest BCUT2D eigenvalue weighted by Gasteiger charge is 2.58. The van der Waals surface area contributed by atoms with Gasteiger partial charge in [0.1, 0.15) is 0 Å². The van der Waals surface area contributed by atoms with Gasteiger partial charge in [-0.1, -0.05) is 32.0 Å². The van der Waals surface area contributed by atoms with Gasteiger partial charge >= 0.3 is 0 Å². The highest BCUT2D eigenvalue weighted by molar-refractivity contribution is 5.85. The van der Waals surface area contributed by atoms with Gasteiger partial charge in [0.2, 0.25) is 5.91 Å². The Kier molecular flexibility index (Phi) is 5.88. The van der Waals surface area contributed by atoms with Crippen molar-refractivity contribution >= 4 is 24.0 Å². The summed E-state index contributed by atoms with van der Waals surface area (Å²) in [6.45, 7) is 6.38. The number of nitrogens with one attached hydrogen (secondary N) is 1. The molecule has 2 rings (SSSR count). The van der Waals surface area contributed by atoms with Crippen molar-refractivity contribution in [3.63, 3.8) is 0 Å². The predicted octanol–water partition coefficient (Wildman–Crippen LogP) is 2.94. The number of carbonyl (C=O) groups is 1. The van der Waals surface area contributed by atoms with E-state index in [0.717, 1.165) is 17.7 Å². The summed E-state index contributed by atoms with van der Waals surface area (Å²) in [5.41, 5.74) is 7.46. The van der Waals surface area contributed by atoms with Crippen molar-refractivity contribution in [2.24, 2.45) is 5.41 Å². The van der Waals surface area contributed by atoms with Gasteiger partial charge in [0.05, 0.1) is 5.60 Å². The zero-order chi connectivity index (χ0) is 15.7. The van der Waals surface area contributed by atoms with Crippen LogP contribution in [0.5, 0.6) is 0 Å². The molecule has 5 heteroatoms. The minimum absolute atomic E-state index is 0. The van der Waals surface area contributed by atoms with E-state index in [1.807, 2.05) is 24.3 Å². The topological polar surface area (TPSA) is 64.3 Å². The highest BCUT2D eigenvalue weighted by atomic mass is 35.5. The van der Waals surface area contributed by atoms with E-state index in [1.165, 1.54) is 0 Å². The third-order valence-corrected chi connectivity index (χ3v) is 5.29. The third kappa shape index (κ3) is 3.39. The lowest BCUT2D eigenvalue weighted by Crippen LogP contribution is -2.68. The van der Waals surface area contributed by atoms with Crippen LogP contribution in [0.25, 0.3) is 0 Å². The first-order valence-corrected chi connectivity index (χ1v) is 7.48. The maximum Gasteiger partial charge on any atom is 0.220 e. The molecule has 0 radical (unpaired) electrons. The number of aryl methyl sites for hydroxylation is 1. The van der Waals surface area contributed by atoms with Crippen LogP contribution >= 0.6 is 12.4 Å². The van der Waals surface area contributed by atoms with Gasteiger partial charge in [-0.2, -0.15) is 0 Å². The molecule has 0 saturated heterocycles. The number of ether oxygens (including phenoxy) is 1. The van der Waals surface area contributed by atoms with E-state index >= 15 is 0 Å². The number of rotatable bonds is 5. The summed E-state index contributed by atoms with van der Waals surface area (Å²) in [6.07, 6.45) is 1.99. The molecule has 0 aliphatic heterocycles. The molecule has 2 atom stereocenters. The van der Waals surface area contributed by atoms with Crippen LogP contribution in [0.4, 0.5) is 5.69 Å². The average molecular weight is 327 g/mol. The molecule has 1 aliphatic rings. The number of halogens is 1. The van der Waals surface area contributed by atoms with Crippen molar-refractivity contribution in [1.29, 1.82) is 0 Å². The zero-order valence-electron chi connectivity index (χ0n) is 13.8. The van der Waals surface area contributed by atoms with Crippen molar-refractivity contribution in [2.75, 3.05) is 12.8 Å². The van der Waals surface area contributed by atoms with Gasteiger partial charge in [0, 0.05) is 30.7 Å². The number of hydrogen-bond donors (Lipinski definition) is 2. The number of benzene rings is 1. The van der Waals surface area contributed by atoms with E-state index in [1.54, 1.807) is 7.11 Å². The summed E-state index contributed by atoms with van der Waals surface area (Å²) in [5, 5.41) is 3.13. The van der Waals surface area contributed by atoms with Crippen LogP contribution in [-0.4, -0.2) is 24.7 Å². The van der Waals surface area contributed by atoms with Crippen molar-refractivity contribution < 1.29 is 9.53 Å². The molecule has 0 bridgehead atoms. The van der Waals surface area contributed by atoms with Crippen LogP contribution in [0.3, 0.4) is 0 Å². The third-order valence-electron chi connectivity index (χ3n) is 5.29. The zero-order valence-corrected chi connectivity index (χ0v) is 14.6. The Morgan fingerprint density at radius 3 is 2.55 bits per heavy atom. The maximum atomic E-state index is 12.1. The predicted molar refractivity (Wildman–Crippen MR) is 92.2 cm³/mol. The monoisotopic (exact) mass is 326 g/mol. The van der Waals surface area contributed by atoms with E-state index in [-0.39, 0.29) is 35.4 Å². The van der Waals surface area contributed by atoms with Crippen LogP contribution in [0.1, 0.15) is 39.2 Å². The van der Waals surface area contributed by atoms with Crippen molar-refractivity contribution in [1.82, 2.24) is 5.32 Å². The number of para-hydroxylation sites is 1. The molecule has 2 unspecified atom stereocenters. The number of carbonyl (C=O) groups excluding carboxylic acids is 1. The number of methoxy groups -OCH3 is 1. The van der Waals surface area contributed by atoms with Crippen molar-refractivity contribution in [3.05, 3.63) is 29.8 Å². The minimum atomic E-state index is -0.158. The number of nitrogens with two attached hydrogens (primary N) is 1. The summed E-state index contributed by atoms with van der Waals surface area (Å²) in [4.78, 5) is 12.1. The van der Waals surface area contributed by atoms with Gasteiger partial charge < -0.3 is 15.8 Å². The Labute approximate surface area is 139 Å². The lowest BCUT2D eigenvalue weighted by molar-refractivity contribution is -0.182. The van der Waals surface area contributed by atoms with Crippen molar-refractivity contribution in [2.45, 2.75) is 51.7 Å². The van der Waals surface area contributed by atoms with Crippen LogP contribution in [0.2, 0.25) is 0 Å². The molecule has 0 aromatic heterocycles. The van der Waals surface area contributed by atoms with Crippen LogP contribution in [0.15, 0.2) is 24.3 Å². The van der Waals surface area contributed by atoms with Crippen LogP contribution in [0, 0.1) is 5.41 Å². The first-order valence-electron chi connectivity index (χ1n) is 7.48. The molecule has 1 aromatic carbocycles. The second-order valence-electron chi connectivity index (χ2n) is 6.68. The standard InChI is InChI=1S/C17H26N2O2.ClH/c1-16(2)14(11-17(16,3)21-4)19-15(20)10-9-12-7-5-6-8-13(12)18;/h5-8,14H,9-11,18H2,1-4H3,(H,19,20);1H. The molecule has 0 spiro atoms. The summed E-state index contributed by atoms with van der Waals surface area (Å²) < 4.78 is 5.58. The Hall–Kier alpha value is -1.26. The SMILES string of the molecule is COC1(C)CC(NC(=O)CCc2ccccc2N)C1(C)C.Cl. The molecule has 1 amide bonds. The molecule has 124 valence electrons. The summed E-state index contributed by atoms with van der Waals surface area (Å²) in [7, 11) is 1.73. The summed E-state index contributed by atoms with van der Waals surface area (Å²) >= 11 is 0. The van der Waals surface area contributed by atoms with Gasteiger partial charge in [-0.05, 0) is 31.4 Å². The van der Waals surface area contributed by atoms with Gasteiger partial charge in [-0.15, -0.1) is 12.4 Å². The van der Waals surface area contributed by atoms with Gasteiger partial charge in [0.15, 0.2) is 0 Å². The Balaban J connectivity index is 0.00000242. The van der Waals surface area contributed by atoms with Crippen molar-refractivity contribution in [3.8, 4) is 0 Å². The second-order valence-corrected chi connectivity index (χ2v) is 6.68. The second kappa shape index (κ2) is 6.88. The largest absolute Gasteiger partial charge is 0.399 e. The minimum Gasteiger partial charge on any atom is -0.399 e. The number of amides is 1. The number of anilines is 1. The molecule has 22 heavy (non-hydrogen) atoms. The highest BCUT2D eigenvalue weighted by Crippen LogP contribution is 2.51. The number of nitrogen functional groups attached to an aromatic ring is 1. The smallest absolute Gasteiger partial charge is 0.220 e. The fraction of sp³-hybridized carbons (Fsp3) is 0.588. The van der Waals surface area contributed by atoms with E-state index in [0.29, 0.717) is 12.8 Å².